The monoisotopic (exact) mass is 619 g/mol. The van der Waals surface area contributed by atoms with Crippen molar-refractivity contribution in [3.8, 4) is 11.8 Å². The van der Waals surface area contributed by atoms with Crippen molar-refractivity contribution in [3.63, 3.8) is 0 Å². The van der Waals surface area contributed by atoms with E-state index in [0.29, 0.717) is 32.4 Å². The summed E-state index contributed by atoms with van der Waals surface area (Å²) in [5.41, 5.74) is 0.620. The quantitative estimate of drug-likeness (QED) is 0.0684. The van der Waals surface area contributed by atoms with Gasteiger partial charge in [0.2, 0.25) is 5.91 Å². The normalized spacial score (nSPS) is 17.7. The fourth-order valence-electron chi connectivity index (χ4n) is 6.31. The summed E-state index contributed by atoms with van der Waals surface area (Å²) < 4.78 is 16.7. The van der Waals surface area contributed by atoms with Crippen LogP contribution in [0.4, 0.5) is 5.82 Å². The lowest BCUT2D eigenvalue weighted by Crippen LogP contribution is -2.28. The maximum absolute atomic E-state index is 12.6. The average molecular weight is 620 g/mol. The third-order valence-corrected chi connectivity index (χ3v) is 8.46. The number of benzene rings is 4. The van der Waals surface area contributed by atoms with Crippen LogP contribution in [-0.4, -0.2) is 67.4 Å². The third-order valence-electron chi connectivity index (χ3n) is 8.46. The van der Waals surface area contributed by atoms with Gasteiger partial charge in [-0.05, 0) is 56.6 Å². The van der Waals surface area contributed by atoms with Gasteiger partial charge in [-0.3, -0.25) is 15.0 Å². The fraction of sp³-hybridized carbons (Fsp3) is 0.333. The predicted octanol–water partition coefficient (Wildman–Crippen LogP) is 4.76. The third kappa shape index (κ3) is 6.58. The van der Waals surface area contributed by atoms with Crippen LogP contribution >= 0.6 is 0 Å². The highest BCUT2D eigenvalue weighted by Crippen LogP contribution is 2.36. The van der Waals surface area contributed by atoms with E-state index in [4.69, 9.17) is 19.6 Å². The fourth-order valence-corrected chi connectivity index (χ4v) is 6.31. The molecule has 0 radical (unpaired) electrons. The standard InChI is InChI=1S/C36H37N5O5/c1-44-20-29-28(45-2)19-31(46-29)41-35-34(36(43)40-21-39-35)27(37)13-3-4-17-38-30(42)14-7-10-24-18-25-11-5-8-22-15-16-23-9-6-12-26(24)33(23)32(22)25/h5-6,8-9,11-12,15-16,18,21,28-29,31,37H,4,7,10,14,17,19-20H2,1-2H3,(H,38,42)(H2,39,40,41,43)/t28?,29-,31-/m1/s1. The van der Waals surface area contributed by atoms with Crippen molar-refractivity contribution < 1.29 is 19.0 Å². The Morgan fingerprint density at radius 2 is 1.89 bits per heavy atom. The molecule has 2 heterocycles. The Morgan fingerprint density at radius 1 is 1.11 bits per heavy atom. The van der Waals surface area contributed by atoms with Crippen molar-refractivity contribution in [2.75, 3.05) is 32.7 Å². The Bertz CT molecular complexity index is 1990. The second kappa shape index (κ2) is 14.1. The van der Waals surface area contributed by atoms with Crippen LogP contribution in [0, 0.1) is 17.3 Å². The highest BCUT2D eigenvalue weighted by Gasteiger charge is 2.36. The van der Waals surface area contributed by atoms with E-state index in [0.717, 1.165) is 12.8 Å². The van der Waals surface area contributed by atoms with Crippen LogP contribution < -0.4 is 16.2 Å². The van der Waals surface area contributed by atoms with Gasteiger partial charge in [0.05, 0.1) is 19.0 Å². The van der Waals surface area contributed by atoms with Crippen LogP contribution in [0.3, 0.4) is 0 Å². The Hall–Kier alpha value is -4.82. The summed E-state index contributed by atoms with van der Waals surface area (Å²) in [6.07, 6.45) is 3.15. The summed E-state index contributed by atoms with van der Waals surface area (Å²) in [5.74, 6) is 5.79. The largest absolute Gasteiger partial charge is 0.382 e. The summed E-state index contributed by atoms with van der Waals surface area (Å²) in [4.78, 5) is 31.9. The molecule has 10 nitrogen and oxygen atoms in total. The number of aromatic amines is 1. The summed E-state index contributed by atoms with van der Waals surface area (Å²) in [6, 6.07) is 19.4. The van der Waals surface area contributed by atoms with E-state index in [1.54, 1.807) is 14.2 Å². The van der Waals surface area contributed by atoms with Gasteiger partial charge in [0.1, 0.15) is 29.4 Å². The number of ether oxygens (including phenoxy) is 3. The molecule has 1 aromatic heterocycles. The zero-order chi connectivity index (χ0) is 32.0. The van der Waals surface area contributed by atoms with E-state index in [2.05, 4.69) is 87.0 Å². The summed E-state index contributed by atoms with van der Waals surface area (Å²) in [6.45, 7) is 0.714. The zero-order valence-electron chi connectivity index (χ0n) is 25.9. The Labute approximate surface area is 266 Å². The molecular weight excluding hydrogens is 582 g/mol. The molecule has 3 atom stereocenters. The maximum atomic E-state index is 12.6. The van der Waals surface area contributed by atoms with E-state index in [-0.39, 0.29) is 35.2 Å². The van der Waals surface area contributed by atoms with Crippen molar-refractivity contribution in [1.29, 1.82) is 5.41 Å². The van der Waals surface area contributed by atoms with E-state index >= 15 is 0 Å². The van der Waals surface area contributed by atoms with E-state index < -0.39 is 11.8 Å². The van der Waals surface area contributed by atoms with Crippen LogP contribution in [0.1, 0.15) is 36.8 Å². The number of rotatable bonds is 12. The number of hydrogen-bond acceptors (Lipinski definition) is 8. The molecule has 236 valence electrons. The number of hydrogen-bond donors (Lipinski definition) is 4. The lowest BCUT2D eigenvalue weighted by atomic mass is 9.90. The minimum absolute atomic E-state index is 0.0263. The number of aromatic nitrogens is 2. The highest BCUT2D eigenvalue weighted by atomic mass is 16.6. The Balaban J connectivity index is 1.01. The van der Waals surface area contributed by atoms with Gasteiger partial charge in [0.15, 0.2) is 0 Å². The number of carbonyl (C=O) groups excluding carboxylic acids is 1. The van der Waals surface area contributed by atoms with Crippen LogP contribution in [-0.2, 0) is 25.4 Å². The van der Waals surface area contributed by atoms with E-state index in [1.165, 1.54) is 44.2 Å². The minimum Gasteiger partial charge on any atom is -0.382 e. The molecule has 1 aliphatic rings. The van der Waals surface area contributed by atoms with Crippen molar-refractivity contribution >= 4 is 49.8 Å². The smallest absolute Gasteiger partial charge is 0.262 e. The first-order valence-electron chi connectivity index (χ1n) is 15.5. The summed E-state index contributed by atoms with van der Waals surface area (Å²) in [7, 11) is 3.20. The van der Waals surface area contributed by atoms with E-state index in [1.807, 2.05) is 0 Å². The summed E-state index contributed by atoms with van der Waals surface area (Å²) in [5, 5.41) is 22.0. The van der Waals surface area contributed by atoms with Gasteiger partial charge in [-0.15, -0.1) is 0 Å². The van der Waals surface area contributed by atoms with Crippen molar-refractivity contribution in [1.82, 2.24) is 15.3 Å². The molecule has 6 rings (SSSR count). The number of methoxy groups -OCH3 is 2. The molecule has 5 aromatic rings. The highest BCUT2D eigenvalue weighted by molar-refractivity contribution is 6.23. The molecule has 4 N–H and O–H groups in total. The number of anilines is 1. The first kappa shape index (κ1) is 31.2. The molecule has 0 spiro atoms. The maximum Gasteiger partial charge on any atom is 0.262 e. The predicted molar refractivity (Wildman–Crippen MR) is 180 cm³/mol. The molecule has 1 aliphatic heterocycles. The van der Waals surface area contributed by atoms with E-state index in [9.17, 15) is 9.59 Å². The molecule has 4 aromatic carbocycles. The van der Waals surface area contributed by atoms with Gasteiger partial charge in [0, 0.05) is 40.0 Å². The SMILES string of the molecule is COC[C@H]1O[C@@H](Nc2nc[nH]c(=O)c2C(=N)C#CCCNC(=O)CCCc2cc3cccc4ccc5cccc2c5c43)CC1OC. The van der Waals surface area contributed by atoms with Crippen LogP contribution in [0.25, 0.3) is 32.3 Å². The van der Waals surface area contributed by atoms with Gasteiger partial charge >= 0.3 is 0 Å². The number of amides is 1. The lowest BCUT2D eigenvalue weighted by molar-refractivity contribution is -0.121. The Morgan fingerprint density at radius 3 is 2.70 bits per heavy atom. The number of H-pyrrole nitrogens is 1. The number of nitrogens with zero attached hydrogens (tertiary/aromatic N) is 1. The first-order valence-corrected chi connectivity index (χ1v) is 15.5. The van der Waals surface area contributed by atoms with Gasteiger partial charge in [-0.25, -0.2) is 4.98 Å². The minimum atomic E-state index is -0.482. The van der Waals surface area contributed by atoms with Gasteiger partial charge in [-0.2, -0.15) is 0 Å². The molecule has 1 unspecified atom stereocenters. The van der Waals surface area contributed by atoms with Gasteiger partial charge in [0.25, 0.3) is 5.56 Å². The number of nitrogens with one attached hydrogen (secondary N) is 4. The van der Waals surface area contributed by atoms with Crippen molar-refractivity contribution in [2.24, 2.45) is 0 Å². The molecule has 1 amide bonds. The second-order valence-electron chi connectivity index (χ2n) is 11.4. The molecule has 0 saturated carbocycles. The molecular formula is C36H37N5O5. The second-order valence-corrected chi connectivity index (χ2v) is 11.4. The lowest BCUT2D eigenvalue weighted by Gasteiger charge is -2.16. The average Bonchev–Trinajstić information content (AvgIpc) is 3.45. The first-order chi connectivity index (χ1) is 22.5. The van der Waals surface area contributed by atoms with Crippen molar-refractivity contribution in [2.45, 2.75) is 50.5 Å². The topological polar surface area (TPSA) is 138 Å². The van der Waals surface area contributed by atoms with Crippen LogP contribution in [0.2, 0.25) is 0 Å². The number of carbonyl (C=O) groups is 1. The Kier molecular flexibility index (Phi) is 9.54. The molecule has 0 aliphatic carbocycles. The van der Waals surface area contributed by atoms with Crippen LogP contribution in [0.15, 0.2) is 65.7 Å². The molecule has 46 heavy (non-hydrogen) atoms. The molecule has 10 heteroatoms. The van der Waals surface area contributed by atoms with Crippen molar-refractivity contribution in [3.05, 3.63) is 82.4 Å². The molecule has 1 saturated heterocycles. The van der Waals surface area contributed by atoms with Gasteiger partial charge in [-0.1, -0.05) is 60.5 Å². The zero-order valence-corrected chi connectivity index (χ0v) is 25.9. The molecule has 1 fully saturated rings. The van der Waals surface area contributed by atoms with Gasteiger partial charge < -0.3 is 29.8 Å². The number of aryl methyl sites for hydroxylation is 1. The molecule has 0 bridgehead atoms. The summed E-state index contributed by atoms with van der Waals surface area (Å²) >= 11 is 0. The van der Waals surface area contributed by atoms with Crippen LogP contribution in [0.5, 0.6) is 0 Å².